The van der Waals surface area contributed by atoms with Gasteiger partial charge in [-0.05, 0) is 51.3 Å². The van der Waals surface area contributed by atoms with Crippen LogP contribution in [0.25, 0.3) is 0 Å². The predicted molar refractivity (Wildman–Crippen MR) is 76.3 cm³/mol. The first kappa shape index (κ1) is 14.4. The van der Waals surface area contributed by atoms with E-state index in [0.717, 1.165) is 18.4 Å². The molecule has 104 valence electrons. The predicted octanol–water partition coefficient (Wildman–Crippen LogP) is 2.65. The first-order chi connectivity index (χ1) is 8.78. The van der Waals surface area contributed by atoms with E-state index < -0.39 is 17.1 Å². The monoisotopic (exact) mass is 281 g/mol. The Morgan fingerprint density at radius 2 is 1.89 bits per heavy atom. The van der Waals surface area contributed by atoms with E-state index in [-0.39, 0.29) is 5.91 Å². The summed E-state index contributed by atoms with van der Waals surface area (Å²) in [5, 5.41) is 13.3. The highest BCUT2D eigenvalue weighted by Crippen LogP contribution is 2.48. The van der Waals surface area contributed by atoms with Crippen molar-refractivity contribution in [2.75, 3.05) is 0 Å². The summed E-state index contributed by atoms with van der Waals surface area (Å²) >= 11 is 5.88. The van der Waals surface area contributed by atoms with Crippen LogP contribution in [-0.2, 0) is 10.2 Å². The standard InChI is InChI=1S/C15H20ClNO2/c1-10(18)14(2,3)17-13(19)15(8-9-15)11-4-6-12(16)7-5-11/h4-7,10,18H,8-9H2,1-3H3,(H,17,19). The Kier molecular flexibility index (Phi) is 3.63. The second-order valence-electron chi connectivity index (χ2n) is 5.94. The van der Waals surface area contributed by atoms with Gasteiger partial charge in [0, 0.05) is 5.02 Å². The number of carbonyl (C=O) groups is 1. The topological polar surface area (TPSA) is 49.3 Å². The van der Waals surface area contributed by atoms with Crippen LogP contribution in [0.1, 0.15) is 39.2 Å². The Morgan fingerprint density at radius 3 is 2.32 bits per heavy atom. The summed E-state index contributed by atoms with van der Waals surface area (Å²) in [5.41, 5.74) is -0.0636. The average Bonchev–Trinajstić information content (AvgIpc) is 3.10. The van der Waals surface area contributed by atoms with Gasteiger partial charge < -0.3 is 10.4 Å². The van der Waals surface area contributed by atoms with Gasteiger partial charge in [-0.2, -0.15) is 0 Å². The Labute approximate surface area is 119 Å². The molecule has 1 saturated carbocycles. The van der Waals surface area contributed by atoms with Crippen LogP contribution in [0.2, 0.25) is 5.02 Å². The van der Waals surface area contributed by atoms with Crippen molar-refractivity contribution in [2.24, 2.45) is 0 Å². The number of carbonyl (C=O) groups excluding carboxylic acids is 1. The SMILES string of the molecule is CC(O)C(C)(C)NC(=O)C1(c2ccc(Cl)cc2)CC1. The zero-order valence-electron chi connectivity index (χ0n) is 11.5. The molecule has 1 aromatic carbocycles. The van der Waals surface area contributed by atoms with E-state index in [9.17, 15) is 9.90 Å². The van der Waals surface area contributed by atoms with Crippen molar-refractivity contribution in [3.05, 3.63) is 34.9 Å². The maximum atomic E-state index is 12.5. The molecular formula is C15H20ClNO2. The highest BCUT2D eigenvalue weighted by atomic mass is 35.5. The van der Waals surface area contributed by atoms with Crippen molar-refractivity contribution in [3.63, 3.8) is 0 Å². The summed E-state index contributed by atoms with van der Waals surface area (Å²) in [4.78, 5) is 12.5. The zero-order chi connectivity index (χ0) is 14.3. The zero-order valence-corrected chi connectivity index (χ0v) is 12.3. The Hall–Kier alpha value is -1.06. The third-order valence-electron chi connectivity index (χ3n) is 4.06. The van der Waals surface area contributed by atoms with Gasteiger partial charge in [0.15, 0.2) is 0 Å². The number of hydrogen-bond donors (Lipinski definition) is 2. The largest absolute Gasteiger partial charge is 0.391 e. The molecule has 0 radical (unpaired) electrons. The number of hydrogen-bond acceptors (Lipinski definition) is 2. The number of halogens is 1. The highest BCUT2D eigenvalue weighted by molar-refractivity contribution is 6.30. The van der Waals surface area contributed by atoms with Crippen LogP contribution in [0.3, 0.4) is 0 Å². The van der Waals surface area contributed by atoms with Gasteiger partial charge in [0.25, 0.3) is 0 Å². The number of benzene rings is 1. The lowest BCUT2D eigenvalue weighted by Gasteiger charge is -2.31. The minimum atomic E-state index is -0.626. The molecule has 0 bridgehead atoms. The van der Waals surface area contributed by atoms with Gasteiger partial charge in [0.2, 0.25) is 5.91 Å². The molecule has 1 aliphatic carbocycles. The number of amides is 1. The van der Waals surface area contributed by atoms with Crippen molar-refractivity contribution in [2.45, 2.75) is 50.7 Å². The van der Waals surface area contributed by atoms with Crippen molar-refractivity contribution in [1.82, 2.24) is 5.32 Å². The van der Waals surface area contributed by atoms with Gasteiger partial charge in [-0.3, -0.25) is 4.79 Å². The molecule has 1 fully saturated rings. The molecule has 1 atom stereocenters. The molecule has 0 aliphatic heterocycles. The first-order valence-electron chi connectivity index (χ1n) is 6.55. The smallest absolute Gasteiger partial charge is 0.231 e. The van der Waals surface area contributed by atoms with Crippen molar-refractivity contribution >= 4 is 17.5 Å². The van der Waals surface area contributed by atoms with Crippen LogP contribution in [0.5, 0.6) is 0 Å². The summed E-state index contributed by atoms with van der Waals surface area (Å²) in [6.07, 6.45) is 1.09. The second kappa shape index (κ2) is 4.80. The van der Waals surface area contributed by atoms with Gasteiger partial charge in [0.05, 0.1) is 17.1 Å². The molecule has 4 heteroatoms. The third kappa shape index (κ3) is 2.77. The maximum Gasteiger partial charge on any atom is 0.231 e. The lowest BCUT2D eigenvalue weighted by Crippen LogP contribution is -2.53. The maximum absolute atomic E-state index is 12.5. The van der Waals surface area contributed by atoms with E-state index in [1.54, 1.807) is 6.92 Å². The summed E-state index contributed by atoms with van der Waals surface area (Å²) in [6, 6.07) is 7.43. The van der Waals surface area contributed by atoms with Crippen molar-refractivity contribution < 1.29 is 9.90 Å². The van der Waals surface area contributed by atoms with E-state index in [2.05, 4.69) is 5.32 Å². The fourth-order valence-electron chi connectivity index (χ4n) is 2.06. The van der Waals surface area contributed by atoms with E-state index >= 15 is 0 Å². The summed E-state index contributed by atoms with van der Waals surface area (Å²) in [7, 11) is 0. The molecule has 1 aliphatic rings. The van der Waals surface area contributed by atoms with Crippen molar-refractivity contribution in [3.8, 4) is 0 Å². The fraction of sp³-hybridized carbons (Fsp3) is 0.533. The molecular weight excluding hydrogens is 262 g/mol. The molecule has 0 heterocycles. The molecule has 0 saturated heterocycles. The minimum Gasteiger partial charge on any atom is -0.391 e. The minimum absolute atomic E-state index is 0.0132. The molecule has 2 N–H and O–H groups in total. The number of nitrogens with one attached hydrogen (secondary N) is 1. The number of aliphatic hydroxyl groups is 1. The lowest BCUT2D eigenvalue weighted by molar-refractivity contribution is -0.126. The van der Waals surface area contributed by atoms with Crippen LogP contribution in [0.4, 0.5) is 0 Å². The van der Waals surface area contributed by atoms with Crippen LogP contribution >= 0.6 is 11.6 Å². The van der Waals surface area contributed by atoms with E-state index in [0.29, 0.717) is 5.02 Å². The molecule has 1 unspecified atom stereocenters. The fourth-order valence-corrected chi connectivity index (χ4v) is 2.18. The Balaban J connectivity index is 2.17. The van der Waals surface area contributed by atoms with Gasteiger partial charge in [-0.1, -0.05) is 23.7 Å². The van der Waals surface area contributed by atoms with Gasteiger partial charge >= 0.3 is 0 Å². The van der Waals surface area contributed by atoms with Crippen LogP contribution in [0.15, 0.2) is 24.3 Å². The summed E-state index contributed by atoms with van der Waals surface area (Å²) in [5.74, 6) is -0.0132. The quantitative estimate of drug-likeness (QED) is 0.891. The first-order valence-corrected chi connectivity index (χ1v) is 6.92. The van der Waals surface area contributed by atoms with Crippen LogP contribution < -0.4 is 5.32 Å². The molecule has 1 amide bonds. The molecule has 19 heavy (non-hydrogen) atoms. The summed E-state index contributed by atoms with van der Waals surface area (Å²) in [6.45, 7) is 5.34. The third-order valence-corrected chi connectivity index (χ3v) is 4.31. The van der Waals surface area contributed by atoms with Crippen LogP contribution in [-0.4, -0.2) is 22.7 Å². The summed E-state index contributed by atoms with van der Waals surface area (Å²) < 4.78 is 0. The Morgan fingerprint density at radius 1 is 1.37 bits per heavy atom. The normalized spacial score (nSPS) is 18.8. The molecule has 3 nitrogen and oxygen atoms in total. The molecule has 0 spiro atoms. The molecule has 2 rings (SSSR count). The Bertz CT molecular complexity index is 475. The van der Waals surface area contributed by atoms with Gasteiger partial charge in [-0.25, -0.2) is 0 Å². The lowest BCUT2D eigenvalue weighted by atomic mass is 9.92. The molecule has 1 aromatic rings. The van der Waals surface area contributed by atoms with Crippen LogP contribution in [0, 0.1) is 0 Å². The average molecular weight is 282 g/mol. The van der Waals surface area contributed by atoms with Crippen molar-refractivity contribution in [1.29, 1.82) is 0 Å². The van der Waals surface area contributed by atoms with E-state index in [1.165, 1.54) is 0 Å². The van der Waals surface area contributed by atoms with Gasteiger partial charge in [0.1, 0.15) is 0 Å². The second-order valence-corrected chi connectivity index (χ2v) is 6.38. The highest BCUT2D eigenvalue weighted by Gasteiger charge is 2.52. The van der Waals surface area contributed by atoms with Gasteiger partial charge in [-0.15, -0.1) is 0 Å². The van der Waals surface area contributed by atoms with E-state index in [4.69, 9.17) is 11.6 Å². The van der Waals surface area contributed by atoms with E-state index in [1.807, 2.05) is 38.1 Å². The molecule has 0 aromatic heterocycles. The number of rotatable bonds is 4. The number of aliphatic hydroxyl groups excluding tert-OH is 1.